The molecule has 76 valence electrons. The van der Waals surface area contributed by atoms with Crippen molar-refractivity contribution in [1.29, 1.82) is 0 Å². The second-order valence-corrected chi connectivity index (χ2v) is 4.31. The van der Waals surface area contributed by atoms with Crippen LogP contribution in [0.25, 0.3) is 0 Å². The average molecular weight is 183 g/mol. The Morgan fingerprint density at radius 1 is 1.31 bits per heavy atom. The van der Waals surface area contributed by atoms with Crippen LogP contribution in [0.2, 0.25) is 0 Å². The lowest BCUT2D eigenvalue weighted by Crippen LogP contribution is -2.49. The van der Waals surface area contributed by atoms with Crippen molar-refractivity contribution in [2.24, 2.45) is 5.92 Å². The molecule has 2 aliphatic rings. The Kier molecular flexibility index (Phi) is 3.23. The fourth-order valence-corrected chi connectivity index (χ4v) is 2.66. The second-order valence-electron chi connectivity index (χ2n) is 4.31. The maximum absolute atomic E-state index is 5.41. The molecule has 0 aromatic heterocycles. The molecule has 0 aromatic carbocycles. The van der Waals surface area contributed by atoms with Crippen molar-refractivity contribution >= 4 is 0 Å². The fraction of sp³-hybridized carbons (Fsp3) is 1.00. The molecule has 2 saturated heterocycles. The first kappa shape index (κ1) is 9.47. The maximum atomic E-state index is 5.41. The van der Waals surface area contributed by atoms with Crippen LogP contribution in [0, 0.1) is 5.92 Å². The molecule has 13 heavy (non-hydrogen) atoms. The van der Waals surface area contributed by atoms with Gasteiger partial charge in [-0.25, -0.2) is 0 Å². The molecule has 2 nitrogen and oxygen atoms in total. The molecule has 0 aliphatic carbocycles. The Morgan fingerprint density at radius 2 is 2.00 bits per heavy atom. The summed E-state index contributed by atoms with van der Waals surface area (Å²) in [6.07, 6.45) is 5.31. The summed E-state index contributed by atoms with van der Waals surface area (Å²) in [6, 6.07) is 0.859. The smallest absolute Gasteiger partial charge is 0.0469 e. The highest BCUT2D eigenvalue weighted by atomic mass is 16.5. The molecule has 0 N–H and O–H groups in total. The van der Waals surface area contributed by atoms with Crippen molar-refractivity contribution in [3.63, 3.8) is 0 Å². The van der Waals surface area contributed by atoms with Crippen LogP contribution in [0.15, 0.2) is 0 Å². The van der Waals surface area contributed by atoms with E-state index in [4.69, 9.17) is 4.74 Å². The highest BCUT2D eigenvalue weighted by Crippen LogP contribution is 2.27. The number of nitrogens with zero attached hydrogens (tertiary/aromatic N) is 1. The first-order chi connectivity index (χ1) is 6.42. The minimum absolute atomic E-state index is 0.859. The van der Waals surface area contributed by atoms with Crippen molar-refractivity contribution in [2.75, 3.05) is 26.3 Å². The quantitative estimate of drug-likeness (QED) is 0.662. The zero-order valence-corrected chi connectivity index (χ0v) is 8.67. The second kappa shape index (κ2) is 4.43. The highest BCUT2D eigenvalue weighted by molar-refractivity contribution is 4.84. The van der Waals surface area contributed by atoms with Crippen molar-refractivity contribution in [1.82, 2.24) is 4.90 Å². The molecular weight excluding hydrogens is 162 g/mol. The van der Waals surface area contributed by atoms with Gasteiger partial charge in [0.2, 0.25) is 0 Å². The summed E-state index contributed by atoms with van der Waals surface area (Å²) in [4.78, 5) is 2.66. The van der Waals surface area contributed by atoms with E-state index in [-0.39, 0.29) is 0 Å². The van der Waals surface area contributed by atoms with Crippen molar-refractivity contribution in [3.8, 4) is 0 Å². The van der Waals surface area contributed by atoms with E-state index < -0.39 is 0 Å². The average Bonchev–Trinajstić information content (AvgIpc) is 2.12. The molecule has 0 spiro atoms. The molecule has 2 aliphatic heterocycles. The zero-order chi connectivity index (χ0) is 9.10. The summed E-state index contributed by atoms with van der Waals surface area (Å²) < 4.78 is 5.41. The molecule has 0 amide bonds. The number of rotatable bonds is 3. The van der Waals surface area contributed by atoms with Gasteiger partial charge in [0.15, 0.2) is 0 Å². The summed E-state index contributed by atoms with van der Waals surface area (Å²) in [5.74, 6) is 0.916. The van der Waals surface area contributed by atoms with Crippen molar-refractivity contribution < 1.29 is 4.74 Å². The van der Waals surface area contributed by atoms with Crippen LogP contribution in [0.4, 0.5) is 0 Å². The molecular formula is C11H21NO. The Labute approximate surface area is 81.3 Å². The first-order valence-electron chi connectivity index (χ1n) is 5.73. The summed E-state index contributed by atoms with van der Waals surface area (Å²) in [5, 5.41) is 0. The number of likely N-dealkylation sites (tertiary alicyclic amines) is 1. The third-order valence-corrected chi connectivity index (χ3v) is 3.59. The SMILES string of the molecule is CCC(C1CCOCC1)N1CCC1. The third-order valence-electron chi connectivity index (χ3n) is 3.59. The fourth-order valence-electron chi connectivity index (χ4n) is 2.66. The molecule has 1 atom stereocenters. The topological polar surface area (TPSA) is 12.5 Å². The Balaban J connectivity index is 1.86. The van der Waals surface area contributed by atoms with Crippen LogP contribution < -0.4 is 0 Å². The molecule has 0 saturated carbocycles. The van der Waals surface area contributed by atoms with Crippen LogP contribution in [0.3, 0.4) is 0 Å². The summed E-state index contributed by atoms with van der Waals surface area (Å²) in [5.41, 5.74) is 0. The molecule has 2 fully saturated rings. The van der Waals surface area contributed by atoms with Gasteiger partial charge in [-0.15, -0.1) is 0 Å². The lowest BCUT2D eigenvalue weighted by atomic mass is 9.87. The van der Waals surface area contributed by atoms with Crippen molar-refractivity contribution in [2.45, 2.75) is 38.6 Å². The van der Waals surface area contributed by atoms with Gasteiger partial charge in [-0.1, -0.05) is 6.92 Å². The van der Waals surface area contributed by atoms with Gasteiger partial charge in [0, 0.05) is 19.3 Å². The molecule has 2 heteroatoms. The highest BCUT2D eigenvalue weighted by Gasteiger charge is 2.30. The number of hydrogen-bond acceptors (Lipinski definition) is 2. The van der Waals surface area contributed by atoms with Crippen LogP contribution in [0.1, 0.15) is 32.6 Å². The van der Waals surface area contributed by atoms with E-state index in [1.54, 1.807) is 0 Å². The third kappa shape index (κ3) is 2.05. The molecule has 0 aromatic rings. The van der Waals surface area contributed by atoms with E-state index in [2.05, 4.69) is 11.8 Å². The monoisotopic (exact) mass is 183 g/mol. The lowest BCUT2D eigenvalue weighted by Gasteiger charge is -2.43. The van der Waals surface area contributed by atoms with Gasteiger partial charge >= 0.3 is 0 Å². The molecule has 1 unspecified atom stereocenters. The van der Waals surface area contributed by atoms with Gasteiger partial charge in [-0.3, -0.25) is 0 Å². The largest absolute Gasteiger partial charge is 0.381 e. The standard InChI is InChI=1S/C11H21NO/c1-2-11(12-6-3-7-12)10-4-8-13-9-5-10/h10-11H,2-9H2,1H3. The van der Waals surface area contributed by atoms with Crippen molar-refractivity contribution in [3.05, 3.63) is 0 Å². The Morgan fingerprint density at radius 3 is 2.46 bits per heavy atom. The molecule has 0 radical (unpaired) electrons. The summed E-state index contributed by atoms with van der Waals surface area (Å²) in [7, 11) is 0. The van der Waals surface area contributed by atoms with Crippen LogP contribution in [-0.2, 0) is 4.74 Å². The maximum Gasteiger partial charge on any atom is 0.0469 e. The van der Waals surface area contributed by atoms with Gasteiger partial charge in [0.1, 0.15) is 0 Å². The van der Waals surface area contributed by atoms with Crippen LogP contribution in [0.5, 0.6) is 0 Å². The summed E-state index contributed by atoms with van der Waals surface area (Å²) in [6.45, 7) is 7.01. The van der Waals surface area contributed by atoms with Gasteiger partial charge < -0.3 is 9.64 Å². The minimum Gasteiger partial charge on any atom is -0.381 e. The van der Waals surface area contributed by atoms with Gasteiger partial charge in [-0.2, -0.15) is 0 Å². The lowest BCUT2D eigenvalue weighted by molar-refractivity contribution is 0.00519. The van der Waals surface area contributed by atoms with E-state index in [1.165, 1.54) is 38.8 Å². The normalized spacial score (nSPS) is 28.4. The molecule has 2 heterocycles. The number of ether oxygens (including phenoxy) is 1. The molecule has 0 bridgehead atoms. The van der Waals surface area contributed by atoms with Crippen LogP contribution in [-0.4, -0.2) is 37.2 Å². The van der Waals surface area contributed by atoms with Gasteiger partial charge in [-0.05, 0) is 44.7 Å². The molecule has 2 rings (SSSR count). The van der Waals surface area contributed by atoms with Gasteiger partial charge in [0.05, 0.1) is 0 Å². The van der Waals surface area contributed by atoms with E-state index in [9.17, 15) is 0 Å². The van der Waals surface area contributed by atoms with E-state index in [1.807, 2.05) is 0 Å². The van der Waals surface area contributed by atoms with Gasteiger partial charge in [0.25, 0.3) is 0 Å². The first-order valence-corrected chi connectivity index (χ1v) is 5.73. The van der Waals surface area contributed by atoms with E-state index in [0.29, 0.717) is 0 Å². The Hall–Kier alpha value is -0.0800. The predicted octanol–water partition coefficient (Wildman–Crippen LogP) is 1.90. The minimum atomic E-state index is 0.859. The zero-order valence-electron chi connectivity index (χ0n) is 8.67. The summed E-state index contributed by atoms with van der Waals surface area (Å²) >= 11 is 0. The van der Waals surface area contributed by atoms with E-state index in [0.717, 1.165) is 25.2 Å². The van der Waals surface area contributed by atoms with Crippen LogP contribution >= 0.6 is 0 Å². The predicted molar refractivity (Wildman–Crippen MR) is 53.8 cm³/mol. The Bertz CT molecular complexity index is 150. The van der Waals surface area contributed by atoms with E-state index >= 15 is 0 Å². The number of hydrogen-bond donors (Lipinski definition) is 0.